The minimum absolute atomic E-state index is 0.0286. The van der Waals surface area contributed by atoms with Crippen LogP contribution in [0.2, 0.25) is 0 Å². The van der Waals surface area contributed by atoms with Crippen LogP contribution in [0.5, 0.6) is 0 Å². The first-order valence-electron chi connectivity index (χ1n) is 14.6. The molecule has 4 saturated carbocycles. The first-order chi connectivity index (χ1) is 15.7. The normalized spacial score (nSPS) is 54.0. The second-order valence-corrected chi connectivity index (χ2v) is 15.3. The van der Waals surface area contributed by atoms with Gasteiger partial charge < -0.3 is 4.74 Å². The average molecular weight is 469 g/mol. The summed E-state index contributed by atoms with van der Waals surface area (Å²) in [7, 11) is 0. The minimum Gasteiger partial charge on any atom is -0.462 e. The largest absolute Gasteiger partial charge is 0.462 e. The number of rotatable bonds is 1. The van der Waals surface area contributed by atoms with Gasteiger partial charge in [0.1, 0.15) is 6.10 Å². The maximum absolute atomic E-state index is 11.9. The van der Waals surface area contributed by atoms with Crippen LogP contribution in [-0.2, 0) is 9.53 Å². The third kappa shape index (κ3) is 3.08. The van der Waals surface area contributed by atoms with Crippen LogP contribution in [0.15, 0.2) is 11.6 Å². The predicted octanol–water partition coefficient (Wildman–Crippen LogP) is 8.60. The van der Waals surface area contributed by atoms with E-state index in [9.17, 15) is 4.79 Å². The van der Waals surface area contributed by atoms with Crippen molar-refractivity contribution in [2.45, 2.75) is 126 Å². The van der Waals surface area contributed by atoms with Crippen LogP contribution in [0.1, 0.15) is 120 Å². The van der Waals surface area contributed by atoms with E-state index in [-0.39, 0.29) is 17.5 Å². The second kappa shape index (κ2) is 7.61. The molecule has 0 aromatic rings. The molecule has 0 radical (unpaired) electrons. The Morgan fingerprint density at radius 2 is 1.62 bits per heavy atom. The fourth-order valence-corrected chi connectivity index (χ4v) is 11.4. The van der Waals surface area contributed by atoms with Gasteiger partial charge in [0.25, 0.3) is 0 Å². The van der Waals surface area contributed by atoms with Crippen LogP contribution in [0.4, 0.5) is 0 Å². The quantitative estimate of drug-likeness (QED) is 0.284. The lowest BCUT2D eigenvalue weighted by Crippen LogP contribution is -2.64. The molecule has 0 bridgehead atoms. The molecule has 192 valence electrons. The van der Waals surface area contributed by atoms with Gasteiger partial charge in [0.05, 0.1) is 0 Å². The highest BCUT2D eigenvalue weighted by molar-refractivity contribution is 5.66. The molecule has 2 nitrogen and oxygen atoms in total. The van der Waals surface area contributed by atoms with E-state index in [1.807, 2.05) is 5.57 Å². The molecular formula is C32H52O2. The Kier molecular flexibility index (Phi) is 5.57. The Labute approximate surface area is 210 Å². The number of carbonyl (C=O) groups excluding carboxylic acids is 1. The van der Waals surface area contributed by atoms with E-state index in [4.69, 9.17) is 4.74 Å². The van der Waals surface area contributed by atoms with Crippen molar-refractivity contribution in [3.8, 4) is 0 Å². The van der Waals surface area contributed by atoms with Crippen molar-refractivity contribution in [3.63, 3.8) is 0 Å². The van der Waals surface area contributed by atoms with Gasteiger partial charge in [0.2, 0.25) is 0 Å². The van der Waals surface area contributed by atoms with Gasteiger partial charge in [-0.3, -0.25) is 4.79 Å². The Morgan fingerprint density at radius 3 is 2.29 bits per heavy atom. The van der Waals surface area contributed by atoms with Gasteiger partial charge >= 0.3 is 5.97 Å². The molecule has 5 rings (SSSR count). The van der Waals surface area contributed by atoms with E-state index in [0.29, 0.717) is 33.5 Å². The molecule has 5 aliphatic rings. The van der Waals surface area contributed by atoms with E-state index in [2.05, 4.69) is 61.5 Å². The number of esters is 1. The molecule has 0 heterocycles. The third-order valence-electron chi connectivity index (χ3n) is 13.6. The van der Waals surface area contributed by atoms with Crippen LogP contribution in [-0.4, -0.2) is 12.1 Å². The van der Waals surface area contributed by atoms with E-state index < -0.39 is 0 Å². The van der Waals surface area contributed by atoms with Crippen molar-refractivity contribution in [3.05, 3.63) is 11.6 Å². The number of hydrogen-bond donors (Lipinski definition) is 0. The third-order valence-corrected chi connectivity index (χ3v) is 13.6. The Bertz CT molecular complexity index is 885. The van der Waals surface area contributed by atoms with Crippen molar-refractivity contribution in [1.82, 2.24) is 0 Å². The van der Waals surface area contributed by atoms with Crippen molar-refractivity contribution in [2.75, 3.05) is 0 Å². The van der Waals surface area contributed by atoms with E-state index in [1.54, 1.807) is 6.92 Å². The summed E-state index contributed by atoms with van der Waals surface area (Å²) in [6, 6.07) is 0. The monoisotopic (exact) mass is 468 g/mol. The van der Waals surface area contributed by atoms with Gasteiger partial charge in [0.15, 0.2) is 0 Å². The fourth-order valence-electron chi connectivity index (χ4n) is 11.4. The first kappa shape index (κ1) is 24.9. The lowest BCUT2D eigenvalue weighted by atomic mass is 9.33. The molecule has 0 aromatic heterocycles. The smallest absolute Gasteiger partial charge is 0.302 e. The number of hydrogen-bond acceptors (Lipinski definition) is 2. The Morgan fingerprint density at radius 1 is 0.912 bits per heavy atom. The zero-order chi connectivity index (χ0) is 24.9. The Hall–Kier alpha value is -0.790. The zero-order valence-electron chi connectivity index (χ0n) is 23.7. The summed E-state index contributed by atoms with van der Waals surface area (Å²) in [5.74, 6) is 3.69. The molecule has 0 saturated heterocycles. The van der Waals surface area contributed by atoms with E-state index >= 15 is 0 Å². The van der Waals surface area contributed by atoms with Crippen LogP contribution in [0.25, 0.3) is 0 Å². The summed E-state index contributed by atoms with van der Waals surface area (Å²) in [4.78, 5) is 11.9. The summed E-state index contributed by atoms with van der Waals surface area (Å²) in [5, 5.41) is 0. The first-order valence-corrected chi connectivity index (χ1v) is 14.6. The highest BCUT2D eigenvalue weighted by Crippen LogP contribution is 2.75. The molecule has 0 aromatic carbocycles. The maximum atomic E-state index is 11.9. The van der Waals surface area contributed by atoms with Crippen molar-refractivity contribution >= 4 is 5.97 Å². The van der Waals surface area contributed by atoms with Crippen molar-refractivity contribution < 1.29 is 9.53 Å². The molecule has 0 aliphatic heterocycles. The van der Waals surface area contributed by atoms with Crippen molar-refractivity contribution in [2.24, 2.45) is 56.7 Å². The summed E-state index contributed by atoms with van der Waals surface area (Å²) >= 11 is 0. The van der Waals surface area contributed by atoms with Crippen molar-refractivity contribution in [1.29, 1.82) is 0 Å². The van der Waals surface area contributed by atoms with Crippen LogP contribution >= 0.6 is 0 Å². The van der Waals surface area contributed by atoms with Gasteiger partial charge in [-0.1, -0.05) is 67.0 Å². The summed E-state index contributed by atoms with van der Waals surface area (Å²) < 4.78 is 5.89. The van der Waals surface area contributed by atoms with Gasteiger partial charge in [-0.15, -0.1) is 0 Å². The lowest BCUT2D eigenvalue weighted by Gasteiger charge is -2.71. The van der Waals surface area contributed by atoms with Gasteiger partial charge in [-0.05, 0) is 109 Å². The molecule has 10 atom stereocenters. The number of allylic oxidation sites excluding steroid dienone is 2. The summed E-state index contributed by atoms with van der Waals surface area (Å²) in [6.07, 6.45) is 14.5. The highest BCUT2D eigenvalue weighted by atomic mass is 16.5. The molecule has 0 spiro atoms. The van der Waals surface area contributed by atoms with E-state index in [0.717, 1.165) is 30.6 Å². The molecule has 0 N–H and O–H groups in total. The lowest BCUT2D eigenvalue weighted by molar-refractivity contribution is -0.193. The molecule has 2 heteroatoms. The van der Waals surface area contributed by atoms with Gasteiger partial charge in [-0.25, -0.2) is 0 Å². The van der Waals surface area contributed by atoms with Crippen LogP contribution in [0.3, 0.4) is 0 Å². The maximum Gasteiger partial charge on any atom is 0.302 e. The van der Waals surface area contributed by atoms with Crippen LogP contribution < -0.4 is 0 Å². The Balaban J connectivity index is 1.54. The highest BCUT2D eigenvalue weighted by Gasteiger charge is 2.68. The number of carbonyl (C=O) groups is 1. The molecule has 4 fully saturated rings. The second-order valence-electron chi connectivity index (χ2n) is 15.3. The number of fused-ring (bicyclic) bond motifs is 7. The topological polar surface area (TPSA) is 26.3 Å². The van der Waals surface area contributed by atoms with Crippen LogP contribution in [0, 0.1) is 56.7 Å². The molecule has 0 unspecified atom stereocenters. The minimum atomic E-state index is -0.115. The summed E-state index contributed by atoms with van der Waals surface area (Å²) in [5.41, 5.74) is 3.45. The SMILES string of the molecule is CC(=O)O[C@H]1CC[C@]2(C)[C@@H]3CC[C@@]4(C)[C@@H]5[C@@H](C)[C@H](C)CC[C@]5(C)CC[C@]4(C)C3=CC[C@H]2C1(C)C. The summed E-state index contributed by atoms with van der Waals surface area (Å²) in [6.45, 7) is 22.2. The average Bonchev–Trinajstić information content (AvgIpc) is 2.74. The molecular weight excluding hydrogens is 416 g/mol. The zero-order valence-corrected chi connectivity index (χ0v) is 23.7. The van der Waals surface area contributed by atoms with Gasteiger partial charge in [0, 0.05) is 12.3 Å². The van der Waals surface area contributed by atoms with Gasteiger partial charge in [-0.2, -0.15) is 0 Å². The predicted molar refractivity (Wildman–Crippen MR) is 140 cm³/mol. The van der Waals surface area contributed by atoms with E-state index in [1.165, 1.54) is 44.9 Å². The fraction of sp³-hybridized carbons (Fsp3) is 0.906. The molecule has 34 heavy (non-hydrogen) atoms. The molecule has 5 aliphatic carbocycles. The number of ether oxygens (including phenoxy) is 1. The molecule has 0 amide bonds. The standard InChI is InChI=1S/C32H52O2/c1-20-12-15-29(6)18-19-31(8)24-10-11-25-28(4,5)26(34-22(3)33)14-16-30(25,7)23(24)13-17-32(31,9)27(29)21(20)2/h10,20-21,23,25-27H,11-19H2,1-9H3/t20-,21+,23-,25+,26+,27-,29-,30-,31-,32+/m1/s1.